The molecule has 0 aliphatic carbocycles. The topological polar surface area (TPSA) is 175 Å². The molecule has 0 spiro atoms. The van der Waals surface area contributed by atoms with Gasteiger partial charge in [0.05, 0.1) is 22.8 Å². The minimum atomic E-state index is -1.76. The lowest BCUT2D eigenvalue weighted by Gasteiger charge is -2.09. The first-order valence-electron chi connectivity index (χ1n) is 5.51. The average molecular weight is 306 g/mol. The maximum Gasteiger partial charge on any atom is 0.356 e. The Labute approximate surface area is 120 Å². The summed E-state index contributed by atoms with van der Waals surface area (Å²) in [5.41, 5.74) is -3.95. The number of benzene rings is 1. The van der Waals surface area contributed by atoms with Gasteiger partial charge in [-0.1, -0.05) is 0 Å². The van der Waals surface area contributed by atoms with Crippen LogP contribution in [0.1, 0.15) is 41.6 Å². The first-order chi connectivity index (χ1) is 10.2. The van der Waals surface area contributed by atoms with Crippen molar-refractivity contribution in [1.82, 2.24) is 9.97 Å². The number of aromatic nitrogens is 2. The predicted octanol–water partition coefficient (Wildman–Crippen LogP) is 0.423. The normalized spacial score (nSPS) is 10.4. The van der Waals surface area contributed by atoms with Crippen molar-refractivity contribution < 1.29 is 39.6 Å². The van der Waals surface area contributed by atoms with Gasteiger partial charge in [0.2, 0.25) is 0 Å². The second kappa shape index (κ2) is 5.09. The zero-order valence-corrected chi connectivity index (χ0v) is 10.5. The van der Waals surface area contributed by atoms with Crippen molar-refractivity contribution in [2.75, 3.05) is 0 Å². The van der Waals surface area contributed by atoms with Crippen LogP contribution >= 0.6 is 0 Å². The highest BCUT2D eigenvalue weighted by molar-refractivity contribution is 6.15. The van der Waals surface area contributed by atoms with Gasteiger partial charge in [0.1, 0.15) is 11.1 Å². The van der Waals surface area contributed by atoms with E-state index < -0.39 is 51.8 Å². The Morgan fingerprint density at radius 2 is 1.41 bits per heavy atom. The Balaban J connectivity index is 3.02. The van der Waals surface area contributed by atoms with Crippen LogP contribution in [0.15, 0.2) is 12.3 Å². The molecule has 1 aromatic heterocycles. The van der Waals surface area contributed by atoms with Gasteiger partial charge in [-0.2, -0.15) is 0 Å². The van der Waals surface area contributed by atoms with Crippen LogP contribution in [-0.2, 0) is 0 Å². The lowest BCUT2D eigenvalue weighted by molar-refractivity contribution is 0.0634. The van der Waals surface area contributed by atoms with Crippen LogP contribution in [0.2, 0.25) is 0 Å². The van der Waals surface area contributed by atoms with E-state index in [-0.39, 0.29) is 5.52 Å². The van der Waals surface area contributed by atoms with Crippen LogP contribution in [0.4, 0.5) is 0 Å². The van der Waals surface area contributed by atoms with E-state index in [1.807, 2.05) is 0 Å². The third-order valence-electron chi connectivity index (χ3n) is 2.71. The zero-order valence-electron chi connectivity index (χ0n) is 10.5. The molecule has 0 atom stereocenters. The molecule has 1 aromatic carbocycles. The minimum Gasteiger partial charge on any atom is -0.478 e. The molecule has 1 heterocycles. The molecule has 4 N–H and O–H groups in total. The molecule has 22 heavy (non-hydrogen) atoms. The van der Waals surface area contributed by atoms with E-state index in [0.29, 0.717) is 0 Å². The molecular formula is C12H6N2O8. The maximum absolute atomic E-state index is 11.3. The second-order valence-corrected chi connectivity index (χ2v) is 4.02. The summed E-state index contributed by atoms with van der Waals surface area (Å²) in [6.07, 6.45) is 0.753. The highest BCUT2D eigenvalue weighted by Gasteiger charge is 2.28. The molecule has 0 bridgehead atoms. The lowest BCUT2D eigenvalue weighted by atomic mass is 9.98. The highest BCUT2D eigenvalue weighted by Crippen LogP contribution is 2.24. The molecule has 10 heteroatoms. The van der Waals surface area contributed by atoms with Gasteiger partial charge in [0, 0.05) is 0 Å². The number of rotatable bonds is 4. The van der Waals surface area contributed by atoms with E-state index in [4.69, 9.17) is 20.4 Å². The van der Waals surface area contributed by atoms with Gasteiger partial charge in [-0.15, -0.1) is 0 Å². The van der Waals surface area contributed by atoms with Crippen molar-refractivity contribution in [1.29, 1.82) is 0 Å². The summed E-state index contributed by atoms with van der Waals surface area (Å²) in [6, 6.07) is 0.771. The molecule has 0 amide bonds. The fraction of sp³-hybridized carbons (Fsp3) is 0. The molecule has 10 nitrogen and oxygen atoms in total. The van der Waals surface area contributed by atoms with Crippen LogP contribution in [0.25, 0.3) is 11.0 Å². The van der Waals surface area contributed by atoms with Crippen LogP contribution < -0.4 is 0 Å². The molecule has 0 saturated heterocycles. The van der Waals surface area contributed by atoms with E-state index in [2.05, 4.69) is 9.97 Å². The molecule has 0 fully saturated rings. The monoisotopic (exact) mass is 306 g/mol. The summed E-state index contributed by atoms with van der Waals surface area (Å²) in [7, 11) is 0. The minimum absolute atomic E-state index is 0.347. The number of carboxylic acids is 4. The van der Waals surface area contributed by atoms with E-state index in [1.165, 1.54) is 0 Å². The standard InChI is InChI=1S/C12H6N2O8/c15-9(16)3-1-4-8(13-2-5(14-4)10(17)18)7(12(21)22)6(3)11(19)20/h1-2H,(H,15,16)(H,17,18)(H,19,20)(H,21,22). The van der Waals surface area contributed by atoms with Crippen molar-refractivity contribution in [3.63, 3.8) is 0 Å². The van der Waals surface area contributed by atoms with E-state index in [1.54, 1.807) is 0 Å². The number of hydrogen-bond acceptors (Lipinski definition) is 6. The molecule has 0 aliphatic heterocycles. The largest absolute Gasteiger partial charge is 0.478 e. The summed E-state index contributed by atoms with van der Waals surface area (Å²) in [5, 5.41) is 36.1. The number of nitrogens with zero attached hydrogens (tertiary/aromatic N) is 2. The summed E-state index contributed by atoms with van der Waals surface area (Å²) in [5.74, 6) is -6.63. The third-order valence-corrected chi connectivity index (χ3v) is 2.71. The summed E-state index contributed by atoms with van der Waals surface area (Å²) >= 11 is 0. The Kier molecular flexibility index (Phi) is 3.43. The maximum atomic E-state index is 11.3. The molecule has 0 saturated carbocycles. The molecule has 2 aromatic rings. The number of fused-ring (bicyclic) bond motifs is 1. The Bertz CT molecular complexity index is 858. The zero-order chi connectivity index (χ0) is 16.6. The average Bonchev–Trinajstić information content (AvgIpc) is 2.43. The van der Waals surface area contributed by atoms with Gasteiger partial charge in [0.15, 0.2) is 5.69 Å². The van der Waals surface area contributed by atoms with Crippen molar-refractivity contribution >= 4 is 34.9 Å². The van der Waals surface area contributed by atoms with Gasteiger partial charge in [-0.05, 0) is 6.07 Å². The van der Waals surface area contributed by atoms with Crippen molar-refractivity contribution in [3.8, 4) is 0 Å². The number of carbonyl (C=O) groups is 4. The van der Waals surface area contributed by atoms with Gasteiger partial charge in [-0.3, -0.25) is 4.98 Å². The summed E-state index contributed by atoms with van der Waals surface area (Å²) < 4.78 is 0. The van der Waals surface area contributed by atoms with E-state index in [0.717, 1.165) is 12.3 Å². The number of aromatic carboxylic acids is 4. The molecule has 112 valence electrons. The van der Waals surface area contributed by atoms with Crippen LogP contribution in [0.3, 0.4) is 0 Å². The first-order valence-corrected chi connectivity index (χ1v) is 5.51. The SMILES string of the molecule is O=C(O)c1cnc2c(C(=O)O)c(C(=O)O)c(C(=O)O)cc2n1. The van der Waals surface area contributed by atoms with Crippen molar-refractivity contribution in [2.24, 2.45) is 0 Å². The van der Waals surface area contributed by atoms with E-state index in [9.17, 15) is 19.2 Å². The second-order valence-electron chi connectivity index (χ2n) is 4.02. The Morgan fingerprint density at radius 1 is 0.818 bits per heavy atom. The fourth-order valence-electron chi connectivity index (χ4n) is 1.86. The number of hydrogen-bond donors (Lipinski definition) is 4. The molecule has 0 radical (unpaired) electrons. The molecule has 2 rings (SSSR count). The lowest BCUT2D eigenvalue weighted by Crippen LogP contribution is -2.16. The van der Waals surface area contributed by atoms with Gasteiger partial charge >= 0.3 is 23.9 Å². The van der Waals surface area contributed by atoms with Gasteiger partial charge in [-0.25, -0.2) is 24.2 Å². The van der Waals surface area contributed by atoms with Gasteiger partial charge < -0.3 is 20.4 Å². The summed E-state index contributed by atoms with van der Waals surface area (Å²) in [4.78, 5) is 51.6. The smallest absolute Gasteiger partial charge is 0.356 e. The summed E-state index contributed by atoms with van der Waals surface area (Å²) in [6.45, 7) is 0. The molecule has 0 unspecified atom stereocenters. The van der Waals surface area contributed by atoms with E-state index >= 15 is 0 Å². The quantitative estimate of drug-likeness (QED) is 0.619. The van der Waals surface area contributed by atoms with Crippen molar-refractivity contribution in [3.05, 3.63) is 34.6 Å². The Morgan fingerprint density at radius 3 is 1.86 bits per heavy atom. The Hall–Kier alpha value is -3.56. The third kappa shape index (κ3) is 2.28. The predicted molar refractivity (Wildman–Crippen MR) is 67.4 cm³/mol. The van der Waals surface area contributed by atoms with Crippen LogP contribution in [0.5, 0.6) is 0 Å². The highest BCUT2D eigenvalue weighted by atomic mass is 16.4. The number of carboxylic acid groups (broad SMARTS) is 4. The molecule has 0 aliphatic rings. The fourth-order valence-corrected chi connectivity index (χ4v) is 1.86. The van der Waals surface area contributed by atoms with Crippen LogP contribution in [-0.4, -0.2) is 54.3 Å². The molecular weight excluding hydrogens is 300 g/mol. The van der Waals surface area contributed by atoms with Crippen LogP contribution in [0, 0.1) is 0 Å². The van der Waals surface area contributed by atoms with Gasteiger partial charge in [0.25, 0.3) is 0 Å². The van der Waals surface area contributed by atoms with Crippen molar-refractivity contribution in [2.45, 2.75) is 0 Å². The first kappa shape index (κ1) is 14.8.